The van der Waals surface area contributed by atoms with Crippen LogP contribution in [-0.2, 0) is 0 Å². The molecule has 0 saturated heterocycles. The predicted octanol–water partition coefficient (Wildman–Crippen LogP) is 3.70. The molecule has 0 spiro atoms. The number of para-hydroxylation sites is 1. The van der Waals surface area contributed by atoms with Crippen molar-refractivity contribution >= 4 is 22.6 Å². The van der Waals surface area contributed by atoms with E-state index in [1.807, 2.05) is 44.2 Å². The minimum Gasteiger partial charge on any atom is -0.451 e. The first kappa shape index (κ1) is 12.4. The minimum absolute atomic E-state index is 0.246. The Labute approximate surface area is 116 Å². The Morgan fingerprint density at radius 1 is 1.20 bits per heavy atom. The van der Waals surface area contributed by atoms with Gasteiger partial charge in [-0.05, 0) is 32.0 Å². The number of aromatic nitrogens is 1. The third kappa shape index (κ3) is 2.16. The fourth-order valence-electron chi connectivity index (χ4n) is 2.20. The van der Waals surface area contributed by atoms with Crippen molar-refractivity contribution in [1.82, 2.24) is 4.98 Å². The third-order valence-electron chi connectivity index (χ3n) is 3.20. The van der Waals surface area contributed by atoms with Crippen molar-refractivity contribution in [2.75, 3.05) is 5.32 Å². The Kier molecular flexibility index (Phi) is 2.99. The number of nitrogens with one attached hydrogen (secondary N) is 1. The molecule has 0 aliphatic rings. The normalized spacial score (nSPS) is 10.7. The molecule has 3 aromatic rings. The number of aryl methyl sites for hydroxylation is 2. The third-order valence-corrected chi connectivity index (χ3v) is 3.20. The number of carbonyl (C=O) groups excluding carboxylic acids is 1. The monoisotopic (exact) mass is 266 g/mol. The highest BCUT2D eigenvalue weighted by molar-refractivity contribution is 6.06. The van der Waals surface area contributed by atoms with Crippen molar-refractivity contribution in [3.8, 4) is 0 Å². The Morgan fingerprint density at radius 3 is 2.75 bits per heavy atom. The number of anilines is 1. The molecule has 2 aromatic heterocycles. The highest BCUT2D eigenvalue weighted by atomic mass is 16.3. The van der Waals surface area contributed by atoms with E-state index < -0.39 is 0 Å². The number of benzene rings is 1. The van der Waals surface area contributed by atoms with E-state index in [0.29, 0.717) is 11.4 Å². The Morgan fingerprint density at radius 2 is 2.00 bits per heavy atom. The molecule has 3 rings (SSSR count). The highest BCUT2D eigenvalue weighted by Gasteiger charge is 2.17. The average Bonchev–Trinajstić information content (AvgIpc) is 2.77. The summed E-state index contributed by atoms with van der Waals surface area (Å²) in [5, 5.41) is 3.79. The summed E-state index contributed by atoms with van der Waals surface area (Å²) in [7, 11) is 0. The molecule has 0 aliphatic carbocycles. The van der Waals surface area contributed by atoms with Crippen molar-refractivity contribution in [3.05, 3.63) is 59.6 Å². The quantitative estimate of drug-likeness (QED) is 0.769. The standard InChI is InChI=1S/C16H14N2O2/c1-10-9-12(7-8-17-10)18-16(19)15-11(2)13-5-3-4-6-14(13)20-15/h3-9H,1-2H3,(H,17,18,19). The predicted molar refractivity (Wildman–Crippen MR) is 77.9 cm³/mol. The van der Waals surface area contributed by atoms with Crippen LogP contribution in [0.4, 0.5) is 5.69 Å². The molecule has 0 saturated carbocycles. The number of rotatable bonds is 2. The van der Waals surface area contributed by atoms with Gasteiger partial charge in [-0.2, -0.15) is 0 Å². The summed E-state index contributed by atoms with van der Waals surface area (Å²) in [5.41, 5.74) is 3.14. The van der Waals surface area contributed by atoms with Crippen LogP contribution in [0.3, 0.4) is 0 Å². The second-order valence-electron chi connectivity index (χ2n) is 4.69. The lowest BCUT2D eigenvalue weighted by Crippen LogP contribution is -2.12. The maximum atomic E-state index is 12.3. The summed E-state index contributed by atoms with van der Waals surface area (Å²) >= 11 is 0. The molecule has 1 N–H and O–H groups in total. The molecule has 4 heteroatoms. The van der Waals surface area contributed by atoms with Crippen LogP contribution in [0, 0.1) is 13.8 Å². The lowest BCUT2D eigenvalue weighted by Gasteiger charge is -2.04. The lowest BCUT2D eigenvalue weighted by molar-refractivity contribution is 0.0998. The van der Waals surface area contributed by atoms with E-state index in [1.165, 1.54) is 0 Å². The van der Waals surface area contributed by atoms with Crippen molar-refractivity contribution in [3.63, 3.8) is 0 Å². The number of hydrogen-bond acceptors (Lipinski definition) is 3. The Hall–Kier alpha value is -2.62. The van der Waals surface area contributed by atoms with Crippen LogP contribution in [0.15, 0.2) is 47.0 Å². The van der Waals surface area contributed by atoms with Crippen molar-refractivity contribution < 1.29 is 9.21 Å². The number of fused-ring (bicyclic) bond motifs is 1. The molecule has 1 amide bonds. The van der Waals surface area contributed by atoms with Crippen LogP contribution < -0.4 is 5.32 Å². The molecule has 100 valence electrons. The number of hydrogen-bond donors (Lipinski definition) is 1. The van der Waals surface area contributed by atoms with E-state index in [1.54, 1.807) is 12.3 Å². The van der Waals surface area contributed by atoms with Gasteiger partial charge < -0.3 is 9.73 Å². The number of pyridine rings is 1. The molecule has 0 fully saturated rings. The molecular formula is C16H14N2O2. The molecule has 4 nitrogen and oxygen atoms in total. The van der Waals surface area contributed by atoms with E-state index in [4.69, 9.17) is 4.42 Å². The molecule has 0 aliphatic heterocycles. The Bertz CT molecular complexity index is 790. The SMILES string of the molecule is Cc1cc(NC(=O)c2oc3ccccc3c2C)ccn1. The van der Waals surface area contributed by atoms with E-state index >= 15 is 0 Å². The summed E-state index contributed by atoms with van der Waals surface area (Å²) < 4.78 is 5.64. The number of carbonyl (C=O) groups is 1. The summed E-state index contributed by atoms with van der Waals surface area (Å²) in [6.45, 7) is 3.76. The minimum atomic E-state index is -0.246. The molecule has 0 bridgehead atoms. The average molecular weight is 266 g/mol. The molecule has 0 atom stereocenters. The fraction of sp³-hybridized carbons (Fsp3) is 0.125. The van der Waals surface area contributed by atoms with Gasteiger partial charge in [-0.25, -0.2) is 0 Å². The van der Waals surface area contributed by atoms with Gasteiger partial charge in [0.15, 0.2) is 5.76 Å². The van der Waals surface area contributed by atoms with Gasteiger partial charge in [-0.1, -0.05) is 18.2 Å². The second-order valence-corrected chi connectivity index (χ2v) is 4.69. The molecule has 20 heavy (non-hydrogen) atoms. The smallest absolute Gasteiger partial charge is 0.291 e. The maximum Gasteiger partial charge on any atom is 0.291 e. The zero-order valence-corrected chi connectivity index (χ0v) is 11.3. The lowest BCUT2D eigenvalue weighted by atomic mass is 10.1. The topological polar surface area (TPSA) is 55.1 Å². The van der Waals surface area contributed by atoms with Crippen LogP contribution in [-0.4, -0.2) is 10.9 Å². The molecular weight excluding hydrogens is 252 g/mol. The molecule has 0 unspecified atom stereocenters. The van der Waals surface area contributed by atoms with Gasteiger partial charge in [0.2, 0.25) is 0 Å². The summed E-state index contributed by atoms with van der Waals surface area (Å²) in [5.74, 6) is 0.102. The summed E-state index contributed by atoms with van der Waals surface area (Å²) in [4.78, 5) is 16.4. The first-order valence-electron chi connectivity index (χ1n) is 6.37. The van der Waals surface area contributed by atoms with E-state index in [0.717, 1.165) is 22.2 Å². The van der Waals surface area contributed by atoms with Crippen molar-refractivity contribution in [2.24, 2.45) is 0 Å². The van der Waals surface area contributed by atoms with Crippen molar-refractivity contribution in [1.29, 1.82) is 0 Å². The van der Waals surface area contributed by atoms with Crippen molar-refractivity contribution in [2.45, 2.75) is 13.8 Å². The largest absolute Gasteiger partial charge is 0.451 e. The first-order valence-corrected chi connectivity index (χ1v) is 6.37. The van der Waals surface area contributed by atoms with Gasteiger partial charge in [0.25, 0.3) is 5.91 Å². The second kappa shape index (κ2) is 4.81. The fourth-order valence-corrected chi connectivity index (χ4v) is 2.20. The van der Waals surface area contributed by atoms with Gasteiger partial charge >= 0.3 is 0 Å². The van der Waals surface area contributed by atoms with Gasteiger partial charge in [0.05, 0.1) is 0 Å². The number of nitrogens with zero attached hydrogens (tertiary/aromatic N) is 1. The summed E-state index contributed by atoms with van der Waals surface area (Å²) in [6.07, 6.45) is 1.66. The summed E-state index contributed by atoms with van der Waals surface area (Å²) in [6, 6.07) is 11.2. The van der Waals surface area contributed by atoms with Crippen LogP contribution in [0.2, 0.25) is 0 Å². The van der Waals surface area contributed by atoms with Gasteiger partial charge in [-0.3, -0.25) is 9.78 Å². The van der Waals surface area contributed by atoms with Crippen LogP contribution in [0.5, 0.6) is 0 Å². The van der Waals surface area contributed by atoms with Crippen LogP contribution in [0.25, 0.3) is 11.0 Å². The molecule has 1 aromatic carbocycles. The number of furan rings is 1. The van der Waals surface area contributed by atoms with E-state index in [-0.39, 0.29) is 5.91 Å². The Balaban J connectivity index is 1.95. The zero-order chi connectivity index (χ0) is 14.1. The van der Waals surface area contributed by atoms with E-state index in [9.17, 15) is 4.79 Å². The first-order chi connectivity index (χ1) is 9.65. The van der Waals surface area contributed by atoms with Gasteiger partial charge in [0, 0.05) is 28.5 Å². The maximum absolute atomic E-state index is 12.3. The number of amides is 1. The van der Waals surface area contributed by atoms with E-state index in [2.05, 4.69) is 10.3 Å². The highest BCUT2D eigenvalue weighted by Crippen LogP contribution is 2.25. The van der Waals surface area contributed by atoms with Gasteiger partial charge in [-0.15, -0.1) is 0 Å². The van der Waals surface area contributed by atoms with Gasteiger partial charge in [0.1, 0.15) is 5.58 Å². The van der Waals surface area contributed by atoms with Crippen LogP contribution >= 0.6 is 0 Å². The molecule has 0 radical (unpaired) electrons. The zero-order valence-electron chi connectivity index (χ0n) is 11.3. The molecule has 2 heterocycles. The van der Waals surface area contributed by atoms with Crippen LogP contribution in [0.1, 0.15) is 21.8 Å².